The minimum absolute atomic E-state index is 0.0518. The van der Waals surface area contributed by atoms with Crippen molar-refractivity contribution in [2.24, 2.45) is 33.5 Å². The molecule has 0 radical (unpaired) electrons. The predicted molar refractivity (Wildman–Crippen MR) is 186 cm³/mol. The molecule has 6 aliphatic carbocycles. The van der Waals surface area contributed by atoms with Crippen LogP contribution in [-0.2, 0) is 0 Å². The molecule has 2 spiro atoms. The lowest BCUT2D eigenvalue weighted by Gasteiger charge is -2.71. The Morgan fingerprint density at radius 2 is 1.69 bits per heavy atom. The molecule has 7 nitrogen and oxygen atoms in total. The molecule has 3 saturated carbocycles. The van der Waals surface area contributed by atoms with Crippen molar-refractivity contribution in [1.82, 2.24) is 9.80 Å². The van der Waals surface area contributed by atoms with Gasteiger partial charge < -0.3 is 19.5 Å². The molecule has 1 saturated heterocycles. The minimum atomic E-state index is -0.903. The molecule has 4 fully saturated rings. The van der Waals surface area contributed by atoms with Crippen molar-refractivity contribution < 1.29 is 24.2 Å². The van der Waals surface area contributed by atoms with Crippen LogP contribution in [0.15, 0.2) is 76.9 Å². The van der Waals surface area contributed by atoms with E-state index in [1.165, 1.54) is 6.26 Å². The number of furan rings is 1. The molecule has 8 atom stereocenters. The van der Waals surface area contributed by atoms with E-state index in [0.29, 0.717) is 51.3 Å². The van der Waals surface area contributed by atoms with E-state index in [1.54, 1.807) is 23.5 Å². The van der Waals surface area contributed by atoms with Crippen molar-refractivity contribution in [2.75, 3.05) is 32.7 Å². The van der Waals surface area contributed by atoms with Gasteiger partial charge in [-0.1, -0.05) is 50.3 Å². The van der Waals surface area contributed by atoms with Gasteiger partial charge in [-0.2, -0.15) is 0 Å². The summed E-state index contributed by atoms with van der Waals surface area (Å²) in [6.45, 7) is 7.95. The number of Topliss-reactive ketones (excluding diaryl/α,β-unsaturated/α-hetero) is 1. The molecule has 3 heterocycles. The lowest BCUT2D eigenvalue weighted by molar-refractivity contribution is -0.176. The largest absolute Gasteiger partial charge is 0.459 e. The quantitative estimate of drug-likeness (QED) is 0.232. The maximum Gasteiger partial charge on any atom is 0.289 e. The van der Waals surface area contributed by atoms with E-state index in [2.05, 4.69) is 55.2 Å². The molecule has 3 aromatic rings. The number of β-amino-alcohol motifs (C(OH)–C–C–N with tert-alkyl or cyclic N) is 1. The van der Waals surface area contributed by atoms with Crippen LogP contribution in [0.5, 0.6) is 0 Å². The van der Waals surface area contributed by atoms with Gasteiger partial charge in [0.1, 0.15) is 0 Å². The molecular weight excluding hydrogens is 621 g/mol. The molecule has 252 valence electrons. The summed E-state index contributed by atoms with van der Waals surface area (Å²) in [7, 11) is 0. The number of piperazine rings is 1. The van der Waals surface area contributed by atoms with Crippen LogP contribution in [0.3, 0.4) is 0 Å². The topological polar surface area (TPSA) is 94.2 Å². The first kappa shape index (κ1) is 31.0. The van der Waals surface area contributed by atoms with Crippen LogP contribution in [0, 0.1) is 33.5 Å². The highest BCUT2D eigenvalue weighted by Crippen LogP contribution is 2.78. The van der Waals surface area contributed by atoms with Gasteiger partial charge in [0.25, 0.3) is 5.91 Å². The summed E-state index contributed by atoms with van der Waals surface area (Å²) >= 11 is 1.58. The van der Waals surface area contributed by atoms with Crippen LogP contribution in [0.2, 0.25) is 0 Å². The molecule has 1 amide bonds. The third kappa shape index (κ3) is 4.03. The number of aliphatic hydroxyl groups is 2. The van der Waals surface area contributed by atoms with Crippen LogP contribution in [0.1, 0.15) is 79.0 Å². The molecule has 2 aromatic heterocycles. The van der Waals surface area contributed by atoms with Crippen LogP contribution >= 0.6 is 11.3 Å². The van der Waals surface area contributed by atoms with Crippen molar-refractivity contribution in [3.63, 3.8) is 0 Å². The predicted octanol–water partition coefficient (Wildman–Crippen LogP) is 6.73. The van der Waals surface area contributed by atoms with Gasteiger partial charge in [0.2, 0.25) is 0 Å². The molecule has 2 bridgehead atoms. The van der Waals surface area contributed by atoms with E-state index in [-0.39, 0.29) is 45.9 Å². The number of amides is 1. The normalized spacial score (nSPS) is 40.4. The Morgan fingerprint density at radius 3 is 2.46 bits per heavy atom. The number of fused-ring (bicyclic) bond motifs is 2. The summed E-state index contributed by atoms with van der Waals surface area (Å²) in [4.78, 5) is 32.8. The Morgan fingerprint density at radius 1 is 0.938 bits per heavy atom. The Kier molecular flexibility index (Phi) is 6.77. The van der Waals surface area contributed by atoms with Gasteiger partial charge in [0.15, 0.2) is 11.5 Å². The molecule has 2 N–H and O–H groups in total. The fourth-order valence-corrected chi connectivity index (χ4v) is 12.9. The molecule has 7 aliphatic rings. The second-order valence-corrected chi connectivity index (χ2v) is 17.4. The highest BCUT2D eigenvalue weighted by atomic mass is 32.1. The van der Waals surface area contributed by atoms with Gasteiger partial charge in [0.05, 0.1) is 22.8 Å². The zero-order valence-corrected chi connectivity index (χ0v) is 28.8. The van der Waals surface area contributed by atoms with Gasteiger partial charge in [-0.05, 0) is 91.8 Å². The van der Waals surface area contributed by atoms with Gasteiger partial charge in [0, 0.05) is 59.2 Å². The summed E-state index contributed by atoms with van der Waals surface area (Å²) in [5, 5.41) is 24.9. The minimum Gasteiger partial charge on any atom is -0.459 e. The van der Waals surface area contributed by atoms with Gasteiger partial charge in [-0.15, -0.1) is 11.3 Å². The number of thiophene rings is 1. The lowest BCUT2D eigenvalue weighted by atomic mass is 9.32. The zero-order valence-electron chi connectivity index (χ0n) is 28.0. The van der Waals surface area contributed by atoms with Crippen LogP contribution in [0.25, 0.3) is 10.1 Å². The third-order valence-corrected chi connectivity index (χ3v) is 15.6. The number of allylic oxidation sites excluding steroid dienone is 4. The summed E-state index contributed by atoms with van der Waals surface area (Å²) < 4.78 is 6.48. The van der Waals surface area contributed by atoms with E-state index >= 15 is 0 Å². The average Bonchev–Trinajstić information content (AvgIpc) is 3.83. The van der Waals surface area contributed by atoms with Crippen molar-refractivity contribution in [2.45, 2.75) is 70.5 Å². The summed E-state index contributed by atoms with van der Waals surface area (Å²) in [5.41, 5.74) is -1.22. The first-order chi connectivity index (χ1) is 23.0. The van der Waals surface area contributed by atoms with Crippen LogP contribution in [0.4, 0.5) is 0 Å². The second-order valence-electron chi connectivity index (χ2n) is 16.3. The number of benzene rings is 1. The zero-order chi connectivity index (χ0) is 33.1. The summed E-state index contributed by atoms with van der Waals surface area (Å²) in [6.07, 6.45) is 14.1. The SMILES string of the molecule is CC12CCC(O)CC13C=CC1(C(C(=O)c4cc5ccccc5s4)=C3)C2CCC2(C)C1CCC2(O)CN1CCN(C(=O)c2ccco2)CC1. The first-order valence-electron chi connectivity index (χ1n) is 17.9. The Labute approximate surface area is 286 Å². The van der Waals surface area contributed by atoms with E-state index in [0.717, 1.165) is 52.6 Å². The maximum absolute atomic E-state index is 14.9. The monoisotopic (exact) mass is 666 g/mol. The number of hydrogen-bond donors (Lipinski definition) is 2. The molecular formula is C40H46N2O5S. The van der Waals surface area contributed by atoms with Crippen molar-refractivity contribution in [1.29, 1.82) is 0 Å². The Bertz CT molecular complexity index is 1820. The lowest BCUT2D eigenvalue weighted by Crippen LogP contribution is -2.67. The number of hydrogen-bond acceptors (Lipinski definition) is 7. The average molecular weight is 667 g/mol. The highest BCUT2D eigenvalue weighted by molar-refractivity contribution is 7.21. The number of ketones is 1. The maximum atomic E-state index is 14.9. The van der Waals surface area contributed by atoms with E-state index < -0.39 is 11.0 Å². The third-order valence-electron chi connectivity index (χ3n) is 14.5. The second kappa shape index (κ2) is 10.5. The number of carbonyl (C=O) groups excluding carboxylic acids is 2. The van der Waals surface area contributed by atoms with Gasteiger partial charge >= 0.3 is 0 Å². The molecule has 1 aliphatic heterocycles. The Hall–Kier alpha value is -3.04. The number of rotatable bonds is 5. The molecule has 8 unspecified atom stereocenters. The highest BCUT2D eigenvalue weighted by Gasteiger charge is 2.74. The number of carbonyl (C=O) groups is 2. The fourth-order valence-electron chi connectivity index (χ4n) is 11.9. The van der Waals surface area contributed by atoms with E-state index in [1.807, 2.05) is 17.0 Å². The fraction of sp³-hybridized carbons (Fsp3) is 0.550. The Balaban J connectivity index is 1.06. The molecule has 8 heteroatoms. The number of aliphatic hydroxyl groups excluding tert-OH is 1. The van der Waals surface area contributed by atoms with E-state index in [4.69, 9.17) is 4.42 Å². The van der Waals surface area contributed by atoms with Crippen molar-refractivity contribution >= 4 is 33.1 Å². The smallest absolute Gasteiger partial charge is 0.289 e. The molecule has 10 rings (SSSR count). The summed E-state index contributed by atoms with van der Waals surface area (Å²) in [5.74, 6) is 0.823. The van der Waals surface area contributed by atoms with Crippen molar-refractivity contribution in [3.05, 3.63) is 83.2 Å². The van der Waals surface area contributed by atoms with Crippen LogP contribution < -0.4 is 0 Å². The van der Waals surface area contributed by atoms with Crippen LogP contribution in [-0.4, -0.2) is 76.1 Å². The molecule has 1 aromatic carbocycles. The van der Waals surface area contributed by atoms with Gasteiger partial charge in [-0.3, -0.25) is 14.5 Å². The number of nitrogens with zero attached hydrogens (tertiary/aromatic N) is 2. The van der Waals surface area contributed by atoms with Gasteiger partial charge in [-0.25, -0.2) is 0 Å². The molecule has 48 heavy (non-hydrogen) atoms. The van der Waals surface area contributed by atoms with Crippen molar-refractivity contribution in [3.8, 4) is 0 Å². The van der Waals surface area contributed by atoms with E-state index in [9.17, 15) is 19.8 Å². The standard InChI is InChI=1S/C40H46N2O5S/c1-36-12-9-27(43)23-38(36)15-16-40(28(24-38)34(44)31-22-26-6-3-4-8-30(26)48-31)32(36)10-13-37(2)33(40)11-14-39(37,46)25-41-17-19-42(20-18-41)35(45)29-7-5-21-47-29/h3-8,15-16,21-22,24,27,32-33,43,46H,9-14,17-20,23,25H2,1-2H3. The first-order valence-corrected chi connectivity index (χ1v) is 18.8. The summed E-state index contributed by atoms with van der Waals surface area (Å²) in [6, 6.07) is 13.8.